The Labute approximate surface area is 169 Å². The molecule has 1 atom stereocenters. The summed E-state index contributed by atoms with van der Waals surface area (Å²) < 4.78 is 1.89. The normalized spacial score (nSPS) is 21.6. The Kier molecular flexibility index (Phi) is 4.51. The summed E-state index contributed by atoms with van der Waals surface area (Å²) in [6.45, 7) is 4.08. The number of aryl methyl sites for hydroxylation is 1. The molecule has 6 nitrogen and oxygen atoms in total. The van der Waals surface area contributed by atoms with Crippen molar-refractivity contribution in [3.05, 3.63) is 42.4 Å². The molecule has 1 saturated heterocycles. The Morgan fingerprint density at radius 3 is 2.79 bits per heavy atom. The molecule has 0 bridgehead atoms. The second-order valence-corrected chi connectivity index (χ2v) is 9.30. The van der Waals surface area contributed by atoms with Crippen molar-refractivity contribution in [1.29, 1.82) is 0 Å². The van der Waals surface area contributed by atoms with Crippen LogP contribution in [-0.4, -0.2) is 38.7 Å². The Morgan fingerprint density at radius 1 is 1.18 bits per heavy atom. The molecule has 28 heavy (non-hydrogen) atoms. The quantitative estimate of drug-likeness (QED) is 0.731. The van der Waals surface area contributed by atoms with Crippen LogP contribution < -0.4 is 10.6 Å². The van der Waals surface area contributed by atoms with Gasteiger partial charge in [-0.3, -0.25) is 0 Å². The van der Waals surface area contributed by atoms with Gasteiger partial charge in [0.25, 0.3) is 0 Å². The summed E-state index contributed by atoms with van der Waals surface area (Å²) in [5.74, 6) is 0.891. The maximum atomic E-state index is 6.44. The molecule has 0 amide bonds. The second-order valence-electron chi connectivity index (χ2n) is 8.18. The van der Waals surface area contributed by atoms with Gasteiger partial charge in [0.05, 0.1) is 4.90 Å². The third kappa shape index (κ3) is 3.06. The molecule has 7 heteroatoms. The van der Waals surface area contributed by atoms with Crippen molar-refractivity contribution in [2.75, 3.05) is 18.0 Å². The van der Waals surface area contributed by atoms with E-state index < -0.39 is 0 Å². The standard InChI is InChI=1S/C21H26N6S/c1-15-4-2-5-16(12-15)28-17-13-23-20(27-19(17)24-14-25-27)26-10-8-21(9-11-26)7-3-6-18(21)22/h2,4-5,12-14,18H,3,6-11,22H2,1H3/t18-/m1/s1. The fourth-order valence-corrected chi connectivity index (χ4v) is 5.80. The van der Waals surface area contributed by atoms with E-state index in [0.717, 1.165) is 42.4 Å². The molecule has 1 aliphatic carbocycles. The minimum Gasteiger partial charge on any atom is -0.341 e. The van der Waals surface area contributed by atoms with Gasteiger partial charge in [0.2, 0.25) is 5.95 Å². The monoisotopic (exact) mass is 394 g/mol. The average Bonchev–Trinajstić information content (AvgIpc) is 3.31. The zero-order valence-electron chi connectivity index (χ0n) is 16.2. The smallest absolute Gasteiger partial charge is 0.228 e. The number of hydrogen-bond donors (Lipinski definition) is 1. The van der Waals surface area contributed by atoms with Crippen LogP contribution in [-0.2, 0) is 0 Å². The third-order valence-electron chi connectivity index (χ3n) is 6.49. The molecule has 0 unspecified atom stereocenters. The van der Waals surface area contributed by atoms with Gasteiger partial charge in [-0.15, -0.1) is 0 Å². The van der Waals surface area contributed by atoms with Crippen molar-refractivity contribution >= 4 is 23.4 Å². The number of rotatable bonds is 3. The topological polar surface area (TPSA) is 72.3 Å². The molecule has 2 N–H and O–H groups in total. The Morgan fingerprint density at radius 2 is 2.04 bits per heavy atom. The third-order valence-corrected chi connectivity index (χ3v) is 7.49. The van der Waals surface area contributed by atoms with Gasteiger partial charge >= 0.3 is 0 Å². The predicted molar refractivity (Wildman–Crippen MR) is 112 cm³/mol. The van der Waals surface area contributed by atoms with E-state index in [1.165, 1.54) is 29.7 Å². The van der Waals surface area contributed by atoms with Crippen LogP contribution in [0.5, 0.6) is 0 Å². The van der Waals surface area contributed by atoms with Crippen molar-refractivity contribution in [2.45, 2.75) is 54.9 Å². The lowest BCUT2D eigenvalue weighted by Gasteiger charge is -2.42. The van der Waals surface area contributed by atoms with Gasteiger partial charge in [-0.2, -0.15) is 9.61 Å². The van der Waals surface area contributed by atoms with E-state index >= 15 is 0 Å². The number of piperidine rings is 1. The first-order valence-corrected chi connectivity index (χ1v) is 10.9. The molecule has 1 aromatic carbocycles. The largest absolute Gasteiger partial charge is 0.341 e. The van der Waals surface area contributed by atoms with E-state index in [1.54, 1.807) is 18.1 Å². The van der Waals surface area contributed by atoms with Gasteiger partial charge in [-0.25, -0.2) is 9.97 Å². The molecule has 1 saturated carbocycles. The highest BCUT2D eigenvalue weighted by molar-refractivity contribution is 7.99. The van der Waals surface area contributed by atoms with Crippen LogP contribution in [0.2, 0.25) is 0 Å². The minimum absolute atomic E-state index is 0.346. The lowest BCUT2D eigenvalue weighted by Crippen LogP contribution is -2.47. The summed E-state index contributed by atoms with van der Waals surface area (Å²) in [4.78, 5) is 13.9. The molecule has 2 aromatic heterocycles. The molecule has 2 aliphatic rings. The maximum Gasteiger partial charge on any atom is 0.228 e. The van der Waals surface area contributed by atoms with Gasteiger partial charge in [-0.1, -0.05) is 35.9 Å². The first kappa shape index (κ1) is 17.9. The molecular formula is C21H26N6S. The number of benzene rings is 1. The molecule has 5 rings (SSSR count). The van der Waals surface area contributed by atoms with E-state index in [4.69, 9.17) is 10.7 Å². The maximum absolute atomic E-state index is 6.44. The molecule has 1 aliphatic heterocycles. The Balaban J connectivity index is 1.40. The van der Waals surface area contributed by atoms with E-state index in [-0.39, 0.29) is 0 Å². The number of anilines is 1. The fraction of sp³-hybridized carbons (Fsp3) is 0.476. The summed E-state index contributed by atoms with van der Waals surface area (Å²) in [6, 6.07) is 8.85. The molecule has 3 heterocycles. The van der Waals surface area contributed by atoms with E-state index in [1.807, 2.05) is 10.7 Å². The van der Waals surface area contributed by atoms with Crippen LogP contribution in [0.3, 0.4) is 0 Å². The predicted octanol–water partition coefficient (Wildman–Crippen LogP) is 3.68. The summed E-state index contributed by atoms with van der Waals surface area (Å²) >= 11 is 1.69. The first-order chi connectivity index (χ1) is 13.6. The van der Waals surface area contributed by atoms with Crippen LogP contribution >= 0.6 is 11.8 Å². The van der Waals surface area contributed by atoms with E-state index in [2.05, 4.69) is 46.2 Å². The summed E-state index contributed by atoms with van der Waals surface area (Å²) in [7, 11) is 0. The van der Waals surface area contributed by atoms with Crippen LogP contribution in [0.4, 0.5) is 5.95 Å². The Bertz CT molecular complexity index is 991. The zero-order valence-corrected chi connectivity index (χ0v) is 17.0. The fourth-order valence-electron chi connectivity index (χ4n) is 4.82. The lowest BCUT2D eigenvalue weighted by molar-refractivity contribution is 0.196. The van der Waals surface area contributed by atoms with Crippen molar-refractivity contribution in [1.82, 2.24) is 19.6 Å². The highest BCUT2D eigenvalue weighted by Crippen LogP contribution is 2.46. The number of aromatic nitrogens is 4. The zero-order chi connectivity index (χ0) is 19.1. The molecule has 146 valence electrons. The molecular weight excluding hydrogens is 368 g/mol. The molecule has 0 radical (unpaired) electrons. The highest BCUT2D eigenvalue weighted by atomic mass is 32.2. The molecule has 3 aromatic rings. The summed E-state index contributed by atoms with van der Waals surface area (Å²) in [5.41, 5.74) is 8.91. The number of hydrogen-bond acceptors (Lipinski definition) is 6. The van der Waals surface area contributed by atoms with Gasteiger partial charge in [0, 0.05) is 30.2 Å². The van der Waals surface area contributed by atoms with Gasteiger partial charge in [-0.05, 0) is 50.2 Å². The number of nitrogens with two attached hydrogens (primary N) is 1. The van der Waals surface area contributed by atoms with Gasteiger partial charge in [0.1, 0.15) is 6.33 Å². The van der Waals surface area contributed by atoms with Crippen LogP contribution in [0, 0.1) is 12.3 Å². The van der Waals surface area contributed by atoms with Crippen molar-refractivity contribution in [3.63, 3.8) is 0 Å². The number of fused-ring (bicyclic) bond motifs is 1. The van der Waals surface area contributed by atoms with E-state index in [0.29, 0.717) is 11.5 Å². The van der Waals surface area contributed by atoms with Crippen molar-refractivity contribution in [3.8, 4) is 0 Å². The van der Waals surface area contributed by atoms with Crippen LogP contribution in [0.15, 0.2) is 46.6 Å². The van der Waals surface area contributed by atoms with Crippen molar-refractivity contribution < 1.29 is 0 Å². The number of nitrogens with zero attached hydrogens (tertiary/aromatic N) is 5. The molecule has 2 fully saturated rings. The minimum atomic E-state index is 0.346. The van der Waals surface area contributed by atoms with Gasteiger partial charge in [0.15, 0.2) is 5.65 Å². The van der Waals surface area contributed by atoms with Crippen molar-refractivity contribution in [2.24, 2.45) is 11.1 Å². The first-order valence-electron chi connectivity index (χ1n) is 10.1. The SMILES string of the molecule is Cc1cccc(Sc2cnc(N3CCC4(CCC[C@H]4N)CC3)n3ncnc23)c1. The lowest BCUT2D eigenvalue weighted by atomic mass is 9.74. The average molecular weight is 395 g/mol. The second kappa shape index (κ2) is 7.04. The van der Waals surface area contributed by atoms with Crippen LogP contribution in [0.1, 0.15) is 37.7 Å². The van der Waals surface area contributed by atoms with E-state index in [9.17, 15) is 0 Å². The molecule has 1 spiro atoms. The van der Waals surface area contributed by atoms with Gasteiger partial charge < -0.3 is 10.6 Å². The summed E-state index contributed by atoms with van der Waals surface area (Å²) in [5, 5.41) is 4.48. The Hall–Kier alpha value is -2.12. The van der Waals surface area contributed by atoms with Crippen LogP contribution in [0.25, 0.3) is 5.65 Å². The summed E-state index contributed by atoms with van der Waals surface area (Å²) in [6.07, 6.45) is 9.59. The highest BCUT2D eigenvalue weighted by Gasteiger charge is 2.43.